The van der Waals surface area contributed by atoms with Crippen LogP contribution in [0.4, 0.5) is 5.13 Å². The van der Waals surface area contributed by atoms with Crippen LogP contribution < -0.4 is 5.73 Å². The fourth-order valence-electron chi connectivity index (χ4n) is 1.39. The Hall–Kier alpha value is -1.70. The number of hydrogen-bond donors (Lipinski definition) is 1. The summed E-state index contributed by atoms with van der Waals surface area (Å²) in [5, 5.41) is 7.72. The van der Waals surface area contributed by atoms with Crippen molar-refractivity contribution in [1.29, 1.82) is 0 Å². The predicted molar refractivity (Wildman–Crippen MR) is 57.9 cm³/mol. The van der Waals surface area contributed by atoms with E-state index >= 15 is 0 Å². The lowest BCUT2D eigenvalue weighted by Crippen LogP contribution is -2.50. The van der Waals surface area contributed by atoms with Crippen LogP contribution in [-0.2, 0) is 4.79 Å². The molecule has 0 unspecified atom stereocenters. The molecule has 7 nitrogen and oxygen atoms in total. The number of likely N-dealkylation sites (N-methyl/N-ethyl adjacent to an activating group) is 1. The average Bonchev–Trinajstić information content (AvgIpc) is 2.68. The first-order valence-electron chi connectivity index (χ1n) is 4.70. The summed E-state index contributed by atoms with van der Waals surface area (Å²) in [6, 6.07) is 0. The van der Waals surface area contributed by atoms with Gasteiger partial charge in [-0.3, -0.25) is 9.59 Å². The van der Waals surface area contributed by atoms with E-state index in [2.05, 4.69) is 10.2 Å². The highest BCUT2D eigenvalue weighted by Crippen LogP contribution is 2.14. The van der Waals surface area contributed by atoms with Crippen LogP contribution >= 0.6 is 11.3 Å². The molecule has 1 aliphatic rings. The lowest BCUT2D eigenvalue weighted by molar-refractivity contribution is -0.133. The average molecular weight is 241 g/mol. The fourth-order valence-corrected chi connectivity index (χ4v) is 1.97. The van der Waals surface area contributed by atoms with E-state index in [1.165, 1.54) is 4.90 Å². The van der Waals surface area contributed by atoms with E-state index in [0.717, 1.165) is 11.3 Å². The zero-order chi connectivity index (χ0) is 11.7. The van der Waals surface area contributed by atoms with Crippen LogP contribution in [0.2, 0.25) is 0 Å². The van der Waals surface area contributed by atoms with Gasteiger partial charge in [-0.05, 0) is 0 Å². The molecule has 0 saturated carbocycles. The van der Waals surface area contributed by atoms with E-state index in [1.54, 1.807) is 11.9 Å². The third kappa shape index (κ3) is 1.96. The summed E-state index contributed by atoms with van der Waals surface area (Å²) in [5.41, 5.74) is 5.39. The molecule has 2 rings (SSSR count). The van der Waals surface area contributed by atoms with E-state index in [9.17, 15) is 9.59 Å². The van der Waals surface area contributed by atoms with Crippen molar-refractivity contribution < 1.29 is 9.59 Å². The van der Waals surface area contributed by atoms with E-state index in [1.807, 2.05) is 0 Å². The molecule has 8 heteroatoms. The minimum atomic E-state index is -0.282. The molecule has 2 amide bonds. The topological polar surface area (TPSA) is 92.4 Å². The molecular formula is C8H11N5O2S. The summed E-state index contributed by atoms with van der Waals surface area (Å²) in [4.78, 5) is 26.3. The summed E-state index contributed by atoms with van der Waals surface area (Å²) < 4.78 is 0. The number of rotatable bonds is 1. The van der Waals surface area contributed by atoms with E-state index < -0.39 is 0 Å². The SMILES string of the molecule is CN1CCN(C(=O)c2nnc(N)s2)CC1=O. The highest BCUT2D eigenvalue weighted by molar-refractivity contribution is 7.16. The van der Waals surface area contributed by atoms with E-state index in [-0.39, 0.29) is 28.5 Å². The van der Waals surface area contributed by atoms with Gasteiger partial charge < -0.3 is 15.5 Å². The molecule has 2 N–H and O–H groups in total. The van der Waals surface area contributed by atoms with Crippen LogP contribution in [0.3, 0.4) is 0 Å². The third-order valence-corrected chi connectivity index (χ3v) is 3.11. The molecular weight excluding hydrogens is 230 g/mol. The van der Waals surface area contributed by atoms with Gasteiger partial charge in [0.1, 0.15) is 6.54 Å². The van der Waals surface area contributed by atoms with Gasteiger partial charge in [0.05, 0.1) is 0 Å². The highest BCUT2D eigenvalue weighted by Gasteiger charge is 2.27. The molecule has 1 fully saturated rings. The molecule has 2 heterocycles. The minimum absolute atomic E-state index is 0.0721. The number of anilines is 1. The Kier molecular flexibility index (Phi) is 2.73. The second kappa shape index (κ2) is 4.05. The van der Waals surface area contributed by atoms with Crippen molar-refractivity contribution >= 4 is 28.3 Å². The Morgan fingerprint density at radius 1 is 1.44 bits per heavy atom. The lowest BCUT2D eigenvalue weighted by atomic mass is 10.3. The Balaban J connectivity index is 2.09. The Morgan fingerprint density at radius 3 is 2.75 bits per heavy atom. The summed E-state index contributed by atoms with van der Waals surface area (Å²) in [7, 11) is 1.72. The quantitative estimate of drug-likeness (QED) is 0.683. The van der Waals surface area contributed by atoms with E-state index in [0.29, 0.717) is 13.1 Å². The standard InChI is InChI=1S/C8H11N5O2S/c1-12-2-3-13(4-5(12)14)7(15)6-10-11-8(9)16-6/h2-4H2,1H3,(H2,9,11). The number of carbonyl (C=O) groups is 2. The molecule has 0 aliphatic carbocycles. The van der Waals surface area contributed by atoms with Gasteiger partial charge in [0.15, 0.2) is 0 Å². The van der Waals surface area contributed by atoms with Crippen LogP contribution in [0.1, 0.15) is 9.80 Å². The second-order valence-corrected chi connectivity index (χ2v) is 4.50. The maximum absolute atomic E-state index is 11.9. The van der Waals surface area contributed by atoms with Crippen LogP contribution in [0.5, 0.6) is 0 Å². The van der Waals surface area contributed by atoms with Crippen molar-refractivity contribution in [3.05, 3.63) is 5.01 Å². The number of nitrogen functional groups attached to an aromatic ring is 1. The Bertz CT molecular complexity index is 432. The monoisotopic (exact) mass is 241 g/mol. The first-order valence-corrected chi connectivity index (χ1v) is 5.52. The Labute approximate surface area is 95.8 Å². The van der Waals surface area contributed by atoms with E-state index in [4.69, 9.17) is 5.73 Å². The molecule has 86 valence electrons. The van der Waals surface area contributed by atoms with Gasteiger partial charge in [-0.1, -0.05) is 11.3 Å². The molecule has 0 bridgehead atoms. The van der Waals surface area contributed by atoms with Gasteiger partial charge in [-0.15, -0.1) is 10.2 Å². The zero-order valence-electron chi connectivity index (χ0n) is 8.71. The van der Waals surface area contributed by atoms with Gasteiger partial charge in [0.2, 0.25) is 16.0 Å². The molecule has 1 aromatic rings. The van der Waals surface area contributed by atoms with Crippen LogP contribution in [0.15, 0.2) is 0 Å². The zero-order valence-corrected chi connectivity index (χ0v) is 9.53. The maximum atomic E-state index is 11.9. The fraction of sp³-hybridized carbons (Fsp3) is 0.500. The van der Waals surface area contributed by atoms with Crippen molar-refractivity contribution in [2.45, 2.75) is 0 Å². The Morgan fingerprint density at radius 2 is 2.19 bits per heavy atom. The molecule has 0 radical (unpaired) electrons. The number of amides is 2. The number of nitrogens with two attached hydrogens (primary N) is 1. The van der Waals surface area contributed by atoms with Gasteiger partial charge in [-0.25, -0.2) is 0 Å². The summed E-state index contributed by atoms with van der Waals surface area (Å²) in [6.07, 6.45) is 0. The summed E-state index contributed by atoms with van der Waals surface area (Å²) in [5.74, 6) is -0.354. The second-order valence-electron chi connectivity index (χ2n) is 3.49. The van der Waals surface area contributed by atoms with Crippen molar-refractivity contribution in [2.75, 3.05) is 32.4 Å². The molecule has 1 saturated heterocycles. The summed E-state index contributed by atoms with van der Waals surface area (Å²) >= 11 is 1.03. The normalized spacial score (nSPS) is 16.7. The first kappa shape index (κ1) is 10.8. The van der Waals surface area contributed by atoms with Crippen LogP contribution in [-0.4, -0.2) is 58.5 Å². The predicted octanol–water partition coefficient (Wildman–Crippen LogP) is -0.965. The largest absolute Gasteiger partial charge is 0.374 e. The highest BCUT2D eigenvalue weighted by atomic mass is 32.1. The first-order chi connectivity index (χ1) is 7.58. The molecule has 16 heavy (non-hydrogen) atoms. The van der Waals surface area contributed by atoms with Gasteiger partial charge in [0.25, 0.3) is 5.91 Å². The van der Waals surface area contributed by atoms with Crippen LogP contribution in [0, 0.1) is 0 Å². The van der Waals surface area contributed by atoms with Crippen molar-refractivity contribution in [3.8, 4) is 0 Å². The number of nitrogens with zero attached hydrogens (tertiary/aromatic N) is 4. The minimum Gasteiger partial charge on any atom is -0.374 e. The van der Waals surface area contributed by atoms with Crippen molar-refractivity contribution in [1.82, 2.24) is 20.0 Å². The lowest BCUT2D eigenvalue weighted by Gasteiger charge is -2.31. The van der Waals surface area contributed by atoms with Crippen molar-refractivity contribution in [2.24, 2.45) is 0 Å². The van der Waals surface area contributed by atoms with Gasteiger partial charge in [0, 0.05) is 20.1 Å². The number of piperazine rings is 1. The number of carbonyl (C=O) groups excluding carboxylic acids is 2. The molecule has 0 aromatic carbocycles. The molecule has 1 aliphatic heterocycles. The molecule has 0 spiro atoms. The molecule has 0 atom stereocenters. The van der Waals surface area contributed by atoms with Gasteiger partial charge >= 0.3 is 0 Å². The maximum Gasteiger partial charge on any atom is 0.285 e. The number of hydrogen-bond acceptors (Lipinski definition) is 6. The summed E-state index contributed by atoms with van der Waals surface area (Å²) in [6.45, 7) is 1.15. The number of aromatic nitrogens is 2. The smallest absolute Gasteiger partial charge is 0.285 e. The molecule has 1 aromatic heterocycles. The third-order valence-electron chi connectivity index (χ3n) is 2.37. The van der Waals surface area contributed by atoms with Crippen LogP contribution in [0.25, 0.3) is 0 Å². The van der Waals surface area contributed by atoms with Gasteiger partial charge in [-0.2, -0.15) is 0 Å². The van der Waals surface area contributed by atoms with Crippen molar-refractivity contribution in [3.63, 3.8) is 0 Å².